The van der Waals surface area contributed by atoms with Crippen LogP contribution in [0.2, 0.25) is 0 Å². The number of hydrogen-bond acceptors (Lipinski definition) is 19. The summed E-state index contributed by atoms with van der Waals surface area (Å²) in [6.07, 6.45) is 10.4. The molecule has 4 saturated heterocycles. The summed E-state index contributed by atoms with van der Waals surface area (Å²) in [5, 5.41) is 44.0. The van der Waals surface area contributed by atoms with Crippen molar-refractivity contribution in [2.45, 2.75) is 121 Å². The van der Waals surface area contributed by atoms with E-state index in [9.17, 15) is 20.1 Å². The molecule has 0 radical (unpaired) electrons. The molecule has 4 fully saturated rings. The second-order valence-electron chi connectivity index (χ2n) is 27.2. The minimum Gasteiger partial charge on any atom is -0.508 e. The van der Waals surface area contributed by atoms with Crippen LogP contribution in [0.3, 0.4) is 0 Å². The first kappa shape index (κ1) is 69.9. The lowest BCUT2D eigenvalue weighted by molar-refractivity contribution is -0.137. The number of piperazine rings is 2. The molecule has 0 aliphatic carbocycles. The molecule has 2 bridgehead atoms. The maximum absolute atomic E-state index is 15.1. The fourth-order valence-corrected chi connectivity index (χ4v) is 15.3. The third-order valence-electron chi connectivity index (χ3n) is 20.2. The van der Waals surface area contributed by atoms with Gasteiger partial charge >= 0.3 is 5.97 Å². The molecular weight excluding hydrogens is 1280 g/mol. The number of nitrogens with zero attached hydrogens (tertiary/aromatic N) is 11. The molecule has 6 atom stereocenters. The van der Waals surface area contributed by atoms with Crippen LogP contribution in [-0.4, -0.2) is 175 Å². The average molecular weight is 1370 g/mol. The van der Waals surface area contributed by atoms with Gasteiger partial charge in [-0.25, -0.2) is 38.7 Å². The average Bonchev–Trinajstić information content (AvgIpc) is 1.74. The van der Waals surface area contributed by atoms with Crippen LogP contribution < -0.4 is 35.8 Å². The van der Waals surface area contributed by atoms with Crippen molar-refractivity contribution in [2.24, 2.45) is 0 Å². The number of methoxy groups -OCH3 is 1. The lowest BCUT2D eigenvalue weighted by Crippen LogP contribution is -2.53. The first-order chi connectivity index (χ1) is 49.2. The van der Waals surface area contributed by atoms with E-state index in [0.29, 0.717) is 99.8 Å². The Bertz CT molecular complexity index is 4270. The Kier molecular flexibility index (Phi) is 22.7. The Balaban J connectivity index is 0.837. The van der Waals surface area contributed by atoms with Gasteiger partial charge in [-0.2, -0.15) is 0 Å². The van der Waals surface area contributed by atoms with Gasteiger partial charge in [-0.3, -0.25) is 19.5 Å². The predicted octanol–water partition coefficient (Wildman–Crippen LogP) is 11.1. The molecule has 0 spiro atoms. The third-order valence-corrected chi connectivity index (χ3v) is 20.2. The van der Waals surface area contributed by atoms with E-state index >= 15 is 8.78 Å². The second kappa shape index (κ2) is 32.8. The zero-order valence-corrected chi connectivity index (χ0v) is 57.7. The van der Waals surface area contributed by atoms with E-state index in [2.05, 4.69) is 125 Å². The molecule has 7 N–H and O–H groups in total. The number of benzene rings is 6. The highest BCUT2D eigenvalue weighted by atomic mass is 19.1. The minimum atomic E-state index is -0.785. The van der Waals surface area contributed by atoms with Crippen LogP contribution in [-0.2, 0) is 43.7 Å². The topological polar surface area (TPSA) is 229 Å². The molecule has 3 aromatic heterocycles. The van der Waals surface area contributed by atoms with Crippen molar-refractivity contribution in [1.82, 2.24) is 60.6 Å². The summed E-state index contributed by atoms with van der Waals surface area (Å²) in [5.74, 6) is 0.520. The van der Waals surface area contributed by atoms with Gasteiger partial charge in [-0.15, -0.1) is 0 Å². The van der Waals surface area contributed by atoms with Gasteiger partial charge in [0.2, 0.25) is 17.8 Å². The Morgan fingerprint density at radius 1 is 0.683 bits per heavy atom. The zero-order chi connectivity index (χ0) is 69.8. The quantitative estimate of drug-likeness (QED) is 0.0231. The van der Waals surface area contributed by atoms with Crippen molar-refractivity contribution >= 4 is 29.5 Å². The van der Waals surface area contributed by atoms with Crippen molar-refractivity contribution in [3.05, 3.63) is 209 Å². The van der Waals surface area contributed by atoms with Crippen molar-refractivity contribution in [3.8, 4) is 51.0 Å². The number of nitrogens with one attached hydrogen (secondary N) is 4. The summed E-state index contributed by atoms with van der Waals surface area (Å²) in [6.45, 7) is 13.6. The molecule has 0 amide bonds. The Morgan fingerprint density at radius 3 is 2.15 bits per heavy atom. The summed E-state index contributed by atoms with van der Waals surface area (Å²) in [4.78, 5) is 54.0. The smallest absolute Gasteiger partial charge is 0.303 e. The minimum absolute atomic E-state index is 0.0431. The number of ether oxygens (including phenoxy) is 1. The molecule has 526 valence electrons. The molecule has 7 heterocycles. The maximum Gasteiger partial charge on any atom is 0.303 e. The number of rotatable bonds is 29. The molecule has 9 aromatic rings. The van der Waals surface area contributed by atoms with Crippen molar-refractivity contribution in [3.63, 3.8) is 0 Å². The molecule has 4 aliphatic heterocycles. The first-order valence-corrected chi connectivity index (χ1v) is 35.5. The van der Waals surface area contributed by atoms with Gasteiger partial charge in [0.1, 0.15) is 28.9 Å². The summed E-state index contributed by atoms with van der Waals surface area (Å²) in [5.41, 5.74) is 11.6. The van der Waals surface area contributed by atoms with Crippen LogP contribution in [0.1, 0.15) is 79.3 Å². The number of aromatic hydroxyl groups is 2. The highest BCUT2D eigenvalue weighted by molar-refractivity contribution is 5.77. The Morgan fingerprint density at radius 2 is 1.40 bits per heavy atom. The highest BCUT2D eigenvalue weighted by Crippen LogP contribution is 2.43. The lowest BCUT2D eigenvalue weighted by Gasteiger charge is -2.42. The number of carbonyl (C=O) groups is 1. The molecule has 13 rings (SSSR count). The normalized spacial score (nSPS) is 19.5. The first-order valence-electron chi connectivity index (χ1n) is 35.5. The van der Waals surface area contributed by atoms with Gasteiger partial charge in [0.25, 0.3) is 0 Å². The van der Waals surface area contributed by atoms with Crippen molar-refractivity contribution < 1.29 is 33.6 Å². The monoisotopic (exact) mass is 1370 g/mol. The number of carboxylic acids is 1. The van der Waals surface area contributed by atoms with Crippen molar-refractivity contribution in [2.75, 3.05) is 87.7 Å². The summed E-state index contributed by atoms with van der Waals surface area (Å²) in [6, 6.07) is 46.2. The van der Waals surface area contributed by atoms with Crippen LogP contribution in [0.25, 0.3) is 33.8 Å². The summed E-state index contributed by atoms with van der Waals surface area (Å²) in [7, 11) is 1.68. The van der Waals surface area contributed by atoms with Crippen LogP contribution >= 0.6 is 0 Å². The predicted molar refractivity (Wildman–Crippen MR) is 390 cm³/mol. The van der Waals surface area contributed by atoms with Crippen molar-refractivity contribution in [1.29, 1.82) is 0 Å². The molecule has 4 aliphatic rings. The highest BCUT2D eigenvalue weighted by Gasteiger charge is 2.49. The largest absolute Gasteiger partial charge is 0.508 e. The van der Waals surface area contributed by atoms with Crippen LogP contribution in [0.4, 0.5) is 32.3 Å². The SMILES string of the molecule is CCNC1CC2CC(N(CCc3cc(F)cc(F)c3)c3nccc(-c4cc(CN5CCNC[C@@H]5C)c(N(CCc5ccc(O)cc5)c5nccc(-c6cccc(CN7CCNC(CCC(=O)O)C7)c6)n5)cc4OC)n3)C(C1)N2Cc1cccc(-c2ccnc(NCCc3cccc(O)c3)n2)c1. The number of aliphatic carboxylic acids is 1. The van der Waals surface area contributed by atoms with E-state index in [4.69, 9.17) is 29.7 Å². The summed E-state index contributed by atoms with van der Waals surface area (Å²) >= 11 is 0. The molecular formula is C79H91F2N15O5. The molecule has 0 saturated carbocycles. The summed E-state index contributed by atoms with van der Waals surface area (Å²) < 4.78 is 36.7. The number of halogens is 2. The number of aromatic nitrogens is 6. The molecule has 22 heteroatoms. The van der Waals surface area contributed by atoms with E-state index < -0.39 is 17.6 Å². The number of phenolic OH excluding ortho intramolecular Hbond substituents is 2. The lowest BCUT2D eigenvalue weighted by atomic mass is 9.95. The van der Waals surface area contributed by atoms with Gasteiger partial charge in [-0.05, 0) is 165 Å². The van der Waals surface area contributed by atoms with Crippen LogP contribution in [0.5, 0.6) is 17.2 Å². The number of carboxylic acid groups (broad SMARTS) is 1. The van der Waals surface area contributed by atoms with E-state index in [1.807, 2.05) is 54.9 Å². The van der Waals surface area contributed by atoms with E-state index in [1.54, 1.807) is 37.6 Å². The van der Waals surface area contributed by atoms with E-state index in [-0.39, 0.29) is 54.2 Å². The zero-order valence-electron chi connectivity index (χ0n) is 57.7. The Hall–Kier alpha value is -9.55. The maximum atomic E-state index is 15.1. The molecule has 20 nitrogen and oxygen atoms in total. The van der Waals surface area contributed by atoms with E-state index in [1.165, 1.54) is 12.1 Å². The number of fused-ring (bicyclic) bond motifs is 2. The fourth-order valence-electron chi connectivity index (χ4n) is 15.3. The van der Waals surface area contributed by atoms with Crippen LogP contribution in [0, 0.1) is 11.6 Å². The number of hydrogen-bond donors (Lipinski definition) is 7. The van der Waals surface area contributed by atoms with Gasteiger partial charge in [0.05, 0.1) is 29.9 Å². The van der Waals surface area contributed by atoms with Gasteiger partial charge in [0, 0.05) is 169 Å². The number of anilines is 4. The molecule has 101 heavy (non-hydrogen) atoms. The molecule has 6 aromatic carbocycles. The van der Waals surface area contributed by atoms with E-state index in [0.717, 1.165) is 133 Å². The molecule has 5 unspecified atom stereocenters. The third kappa shape index (κ3) is 17.8. The second-order valence-corrected chi connectivity index (χ2v) is 27.2. The van der Waals surface area contributed by atoms with Crippen LogP contribution in [0.15, 0.2) is 164 Å². The number of piperidine rings is 1. The number of phenols is 2. The standard InChI is InChI=1S/C79H91F2N15O5/c1-4-83-64-43-65-45-74(73(44-64)96(65)49-57-10-6-11-58(37-57)69-21-27-86-77(89-69)85-26-20-54-8-7-13-67(98)40-54)95(33-25-55-38-61(80)42-62(81)39-55)79-88-29-23-71(91-79)68-41-60(50-93-35-30-82-47-52(93)2)72(46-75(68)101-3)94(32-24-53-14-17-66(97)18-15-53)78-87-28-22-70(90-78)59-12-5-9-56(36-59)48-92-34-31-84-63(51-92)16-19-76(99)100/h5-15,17-18,21-23,27-29,36-42,46,52,63-65,73-74,82-84,97-98H,4,16,19-20,24-26,30-35,43-45,47-51H2,1-3H3,(H,99,100)(H,85,86,89)/t52-,63?,64?,65?,73?,74?/m0/s1. The fraction of sp³-hybridized carbons (Fsp3) is 0.380. The van der Waals surface area contributed by atoms with Gasteiger partial charge < -0.3 is 51.1 Å². The van der Waals surface area contributed by atoms with Gasteiger partial charge in [0.15, 0.2) is 0 Å². The van der Waals surface area contributed by atoms with Gasteiger partial charge in [-0.1, -0.05) is 67.6 Å². The Labute approximate surface area is 589 Å².